The summed E-state index contributed by atoms with van der Waals surface area (Å²) in [6, 6.07) is 11.9. The van der Waals surface area contributed by atoms with Gasteiger partial charge in [-0.15, -0.1) is 15.3 Å². The zero-order valence-corrected chi connectivity index (χ0v) is 15.1. The van der Waals surface area contributed by atoms with Crippen LogP contribution < -0.4 is 4.90 Å². The van der Waals surface area contributed by atoms with Gasteiger partial charge >= 0.3 is 0 Å². The molecule has 27 heavy (non-hydrogen) atoms. The molecule has 0 bridgehead atoms. The Hall–Kier alpha value is -3.42. The van der Waals surface area contributed by atoms with Crippen LogP contribution in [0.25, 0.3) is 16.6 Å². The Bertz CT molecular complexity index is 1160. The zero-order valence-electron chi connectivity index (χ0n) is 15.1. The maximum Gasteiger partial charge on any atom is 0.256 e. The van der Waals surface area contributed by atoms with E-state index in [1.165, 1.54) is 0 Å². The largest absolute Gasteiger partial charge is 0.360 e. The number of benzene rings is 1. The Kier molecular flexibility index (Phi) is 3.40. The number of H-pyrrole nitrogens is 1. The molecule has 8 nitrogen and oxygen atoms in total. The summed E-state index contributed by atoms with van der Waals surface area (Å²) in [6.45, 7) is 3.39. The number of anilines is 1. The van der Waals surface area contributed by atoms with Gasteiger partial charge in [-0.05, 0) is 25.1 Å². The van der Waals surface area contributed by atoms with Crippen molar-refractivity contribution in [3.05, 3.63) is 54.0 Å². The van der Waals surface area contributed by atoms with E-state index in [4.69, 9.17) is 0 Å². The number of carbonyl (C=O) groups excluding carboxylic acids is 1. The predicted molar refractivity (Wildman–Crippen MR) is 102 cm³/mol. The first-order chi connectivity index (χ1) is 13.1. The average Bonchev–Trinajstić information content (AvgIpc) is 3.24. The SMILES string of the molecule is Cc1nnc2ccc(N3CC(N(C)C(=O)c4c[nH]c5ccccc45)C3)nn12. The Morgan fingerprint density at radius 2 is 2.00 bits per heavy atom. The van der Waals surface area contributed by atoms with E-state index in [-0.39, 0.29) is 11.9 Å². The van der Waals surface area contributed by atoms with Gasteiger partial charge in [-0.25, -0.2) is 0 Å². The van der Waals surface area contributed by atoms with E-state index in [1.54, 1.807) is 10.7 Å². The van der Waals surface area contributed by atoms with Crippen LogP contribution in [0.15, 0.2) is 42.6 Å². The molecule has 0 unspecified atom stereocenters. The molecule has 4 heterocycles. The van der Waals surface area contributed by atoms with Gasteiger partial charge in [0.25, 0.3) is 5.91 Å². The van der Waals surface area contributed by atoms with Crippen LogP contribution in [0.2, 0.25) is 0 Å². The van der Waals surface area contributed by atoms with Crippen LogP contribution in [0.1, 0.15) is 16.2 Å². The fourth-order valence-corrected chi connectivity index (χ4v) is 3.55. The number of rotatable bonds is 3. The van der Waals surface area contributed by atoms with E-state index in [2.05, 4.69) is 25.2 Å². The number of aromatic nitrogens is 5. The van der Waals surface area contributed by atoms with Gasteiger partial charge in [0.2, 0.25) is 0 Å². The third kappa shape index (κ3) is 2.44. The molecule has 0 aliphatic carbocycles. The summed E-state index contributed by atoms with van der Waals surface area (Å²) in [5.74, 6) is 1.67. The first-order valence-electron chi connectivity index (χ1n) is 8.89. The maximum absolute atomic E-state index is 12.9. The molecular formula is C19H19N7O. The maximum atomic E-state index is 12.9. The van der Waals surface area contributed by atoms with Crippen molar-refractivity contribution in [2.45, 2.75) is 13.0 Å². The smallest absolute Gasteiger partial charge is 0.256 e. The van der Waals surface area contributed by atoms with E-state index >= 15 is 0 Å². The number of aromatic amines is 1. The molecule has 1 saturated heterocycles. The van der Waals surface area contributed by atoms with Crippen molar-refractivity contribution in [3.63, 3.8) is 0 Å². The molecule has 0 spiro atoms. The molecule has 8 heteroatoms. The van der Waals surface area contributed by atoms with Crippen molar-refractivity contribution in [2.24, 2.45) is 0 Å². The summed E-state index contributed by atoms with van der Waals surface area (Å²) < 4.78 is 1.74. The van der Waals surface area contributed by atoms with Crippen molar-refractivity contribution >= 4 is 28.3 Å². The number of hydrogen-bond donors (Lipinski definition) is 1. The first kappa shape index (κ1) is 15.8. The van der Waals surface area contributed by atoms with Gasteiger partial charge in [0.15, 0.2) is 11.5 Å². The minimum absolute atomic E-state index is 0.0372. The summed E-state index contributed by atoms with van der Waals surface area (Å²) in [7, 11) is 1.87. The molecular weight excluding hydrogens is 342 g/mol. The minimum atomic E-state index is 0.0372. The highest BCUT2D eigenvalue weighted by Crippen LogP contribution is 2.25. The van der Waals surface area contributed by atoms with Crippen molar-refractivity contribution in [1.29, 1.82) is 0 Å². The number of likely N-dealkylation sites (N-methyl/N-ethyl adjacent to an activating group) is 1. The van der Waals surface area contributed by atoms with Gasteiger partial charge in [-0.3, -0.25) is 4.79 Å². The molecule has 0 radical (unpaired) electrons. The number of aryl methyl sites for hydroxylation is 1. The molecule has 0 saturated carbocycles. The molecule has 1 N–H and O–H groups in total. The Balaban J connectivity index is 1.32. The summed E-state index contributed by atoms with van der Waals surface area (Å²) in [5, 5.41) is 13.6. The Morgan fingerprint density at radius 3 is 2.85 bits per heavy atom. The van der Waals surface area contributed by atoms with Crippen LogP contribution in [-0.4, -0.2) is 61.8 Å². The third-order valence-electron chi connectivity index (χ3n) is 5.28. The lowest BCUT2D eigenvalue weighted by Crippen LogP contribution is -2.60. The van der Waals surface area contributed by atoms with Crippen LogP contribution in [0.5, 0.6) is 0 Å². The number of amides is 1. The molecule has 4 aromatic rings. The second-order valence-corrected chi connectivity index (χ2v) is 6.93. The summed E-state index contributed by atoms with van der Waals surface area (Å²) in [4.78, 5) is 20.1. The number of hydrogen-bond acceptors (Lipinski definition) is 5. The van der Waals surface area contributed by atoms with Gasteiger partial charge in [0.05, 0.1) is 11.6 Å². The van der Waals surface area contributed by atoms with Crippen molar-refractivity contribution < 1.29 is 4.79 Å². The van der Waals surface area contributed by atoms with E-state index in [9.17, 15) is 4.79 Å². The monoisotopic (exact) mass is 361 g/mol. The van der Waals surface area contributed by atoms with Crippen LogP contribution in [0.4, 0.5) is 5.82 Å². The molecule has 1 aliphatic rings. The van der Waals surface area contributed by atoms with Crippen LogP contribution in [0.3, 0.4) is 0 Å². The number of nitrogens with one attached hydrogen (secondary N) is 1. The highest BCUT2D eigenvalue weighted by atomic mass is 16.2. The summed E-state index contributed by atoms with van der Waals surface area (Å²) in [5.41, 5.74) is 2.43. The second kappa shape index (κ2) is 5.80. The zero-order chi connectivity index (χ0) is 18.5. The first-order valence-corrected chi connectivity index (χ1v) is 8.89. The van der Waals surface area contributed by atoms with E-state index < -0.39 is 0 Å². The normalized spacial score (nSPS) is 14.7. The van der Waals surface area contributed by atoms with Gasteiger partial charge in [-0.1, -0.05) is 18.2 Å². The lowest BCUT2D eigenvalue weighted by molar-refractivity contribution is 0.0707. The van der Waals surface area contributed by atoms with Gasteiger partial charge in [0, 0.05) is 37.2 Å². The molecule has 5 rings (SSSR count). The van der Waals surface area contributed by atoms with Crippen molar-refractivity contribution in [1.82, 2.24) is 29.7 Å². The number of carbonyl (C=O) groups is 1. The standard InChI is InChI=1S/C19H19N7O/c1-12-21-22-17-7-8-18(23-26(12)17)25-10-13(11-25)24(2)19(27)15-9-20-16-6-4-3-5-14(15)16/h3-9,13,20H,10-11H2,1-2H3. The van der Waals surface area contributed by atoms with Crippen LogP contribution in [-0.2, 0) is 0 Å². The number of nitrogens with zero attached hydrogens (tertiary/aromatic N) is 6. The quantitative estimate of drug-likeness (QED) is 0.602. The van der Waals surface area contributed by atoms with Crippen molar-refractivity contribution in [2.75, 3.05) is 25.0 Å². The number of para-hydroxylation sites is 1. The fraction of sp³-hybridized carbons (Fsp3) is 0.263. The minimum Gasteiger partial charge on any atom is -0.360 e. The fourth-order valence-electron chi connectivity index (χ4n) is 3.55. The Morgan fingerprint density at radius 1 is 1.19 bits per heavy atom. The highest BCUT2D eigenvalue weighted by Gasteiger charge is 2.34. The van der Waals surface area contributed by atoms with Crippen LogP contribution in [0, 0.1) is 6.92 Å². The predicted octanol–water partition coefficient (Wildman–Crippen LogP) is 1.87. The topological polar surface area (TPSA) is 82.4 Å². The second-order valence-electron chi connectivity index (χ2n) is 6.93. The molecule has 1 aliphatic heterocycles. The van der Waals surface area contributed by atoms with E-state index in [1.807, 2.05) is 55.3 Å². The summed E-state index contributed by atoms with van der Waals surface area (Å²) in [6.07, 6.45) is 1.80. The van der Waals surface area contributed by atoms with Gasteiger partial charge < -0.3 is 14.8 Å². The van der Waals surface area contributed by atoms with E-state index in [0.29, 0.717) is 5.56 Å². The molecule has 1 fully saturated rings. The third-order valence-corrected chi connectivity index (χ3v) is 5.28. The van der Waals surface area contributed by atoms with E-state index in [0.717, 1.165) is 41.3 Å². The van der Waals surface area contributed by atoms with Gasteiger partial charge in [0.1, 0.15) is 5.82 Å². The molecule has 3 aromatic heterocycles. The summed E-state index contributed by atoms with van der Waals surface area (Å²) >= 11 is 0. The lowest BCUT2D eigenvalue weighted by Gasteiger charge is -2.44. The Labute approximate surface area is 155 Å². The molecule has 1 aromatic carbocycles. The average molecular weight is 361 g/mol. The molecule has 1 amide bonds. The molecule has 0 atom stereocenters. The molecule has 136 valence electrons. The van der Waals surface area contributed by atoms with Gasteiger partial charge in [-0.2, -0.15) is 4.52 Å². The number of fused-ring (bicyclic) bond motifs is 2. The highest BCUT2D eigenvalue weighted by molar-refractivity contribution is 6.06. The lowest BCUT2D eigenvalue weighted by atomic mass is 10.1. The van der Waals surface area contributed by atoms with Crippen molar-refractivity contribution in [3.8, 4) is 0 Å². The van der Waals surface area contributed by atoms with Crippen LogP contribution >= 0.6 is 0 Å².